The molecule has 1 aromatic rings. The van der Waals surface area contributed by atoms with Crippen molar-refractivity contribution < 1.29 is 17.9 Å². The molecule has 1 saturated heterocycles. The van der Waals surface area contributed by atoms with Crippen LogP contribution in [0.5, 0.6) is 0 Å². The van der Waals surface area contributed by atoms with Crippen molar-refractivity contribution in [3.05, 3.63) is 29.8 Å². The maximum absolute atomic E-state index is 12.2. The molecule has 1 N–H and O–H groups in total. The molecule has 146 valence electrons. The van der Waals surface area contributed by atoms with Gasteiger partial charge in [0.15, 0.2) is 0 Å². The Kier molecular flexibility index (Phi) is 6.18. The van der Waals surface area contributed by atoms with Crippen LogP contribution in [0, 0.1) is 0 Å². The van der Waals surface area contributed by atoms with Gasteiger partial charge < -0.3 is 14.5 Å². The molecule has 2 rings (SSSR count). The predicted molar refractivity (Wildman–Crippen MR) is 103 cm³/mol. The number of nitrogens with zero attached hydrogens (tertiary/aromatic N) is 2. The lowest BCUT2D eigenvalue weighted by Gasteiger charge is -2.38. The van der Waals surface area contributed by atoms with Crippen molar-refractivity contribution in [2.24, 2.45) is 0 Å². The minimum absolute atomic E-state index is 0.294. The molecule has 0 radical (unpaired) electrons. The van der Waals surface area contributed by atoms with Crippen LogP contribution in [0.15, 0.2) is 24.3 Å². The Morgan fingerprint density at radius 2 is 1.73 bits per heavy atom. The molecule has 7 nitrogen and oxygen atoms in total. The molecule has 0 aliphatic carbocycles. The molecule has 1 fully saturated rings. The van der Waals surface area contributed by atoms with E-state index in [-0.39, 0.29) is 12.1 Å². The van der Waals surface area contributed by atoms with Crippen molar-refractivity contribution >= 4 is 21.8 Å². The summed E-state index contributed by atoms with van der Waals surface area (Å²) in [6, 6.07) is 7.42. The number of benzene rings is 1. The third-order valence-corrected chi connectivity index (χ3v) is 4.85. The van der Waals surface area contributed by atoms with Gasteiger partial charge >= 0.3 is 6.09 Å². The summed E-state index contributed by atoms with van der Waals surface area (Å²) in [5, 5.41) is 0. The van der Waals surface area contributed by atoms with E-state index in [4.69, 9.17) is 4.74 Å². The molecule has 8 heteroatoms. The van der Waals surface area contributed by atoms with Crippen molar-refractivity contribution in [2.75, 3.05) is 37.3 Å². The number of anilines is 1. The summed E-state index contributed by atoms with van der Waals surface area (Å²) in [7, 11) is -3.29. The number of nitrogens with one attached hydrogen (secondary N) is 1. The van der Waals surface area contributed by atoms with E-state index in [0.717, 1.165) is 17.5 Å². The minimum atomic E-state index is -3.29. The van der Waals surface area contributed by atoms with Gasteiger partial charge in [-0.3, -0.25) is 0 Å². The van der Waals surface area contributed by atoms with Gasteiger partial charge in [0.2, 0.25) is 10.0 Å². The van der Waals surface area contributed by atoms with Crippen LogP contribution in [0.25, 0.3) is 0 Å². The zero-order valence-corrected chi connectivity index (χ0v) is 17.0. The van der Waals surface area contributed by atoms with Crippen molar-refractivity contribution in [3.63, 3.8) is 0 Å². The van der Waals surface area contributed by atoms with Crippen molar-refractivity contribution in [2.45, 2.75) is 39.3 Å². The van der Waals surface area contributed by atoms with Crippen molar-refractivity contribution in [3.8, 4) is 0 Å². The number of carbonyl (C=O) groups excluding carboxylic acids is 1. The van der Waals surface area contributed by atoms with E-state index in [1.807, 2.05) is 52.0 Å². The Balaban J connectivity index is 2.07. The fourth-order valence-electron chi connectivity index (χ4n) is 2.98. The molecular weight excluding hydrogens is 354 g/mol. The highest BCUT2D eigenvalue weighted by atomic mass is 32.2. The number of piperazine rings is 1. The lowest BCUT2D eigenvalue weighted by Crippen LogP contribution is -2.50. The summed E-state index contributed by atoms with van der Waals surface area (Å²) in [6.45, 7) is 9.86. The molecular formula is C18H29N3O4S. The Morgan fingerprint density at radius 3 is 2.27 bits per heavy atom. The van der Waals surface area contributed by atoms with Crippen LogP contribution in [0.4, 0.5) is 10.5 Å². The second-order valence-corrected chi connectivity index (χ2v) is 9.40. The molecule has 26 heavy (non-hydrogen) atoms. The number of rotatable bonds is 4. The van der Waals surface area contributed by atoms with Crippen molar-refractivity contribution in [1.82, 2.24) is 9.62 Å². The van der Waals surface area contributed by atoms with Crippen LogP contribution in [-0.4, -0.2) is 57.4 Å². The topological polar surface area (TPSA) is 79.0 Å². The second-order valence-electron chi connectivity index (χ2n) is 7.62. The van der Waals surface area contributed by atoms with Gasteiger partial charge in [0.05, 0.1) is 6.26 Å². The number of hydrogen-bond donors (Lipinski definition) is 1. The van der Waals surface area contributed by atoms with E-state index in [0.29, 0.717) is 26.2 Å². The number of sulfonamides is 1. The van der Waals surface area contributed by atoms with Crippen molar-refractivity contribution in [1.29, 1.82) is 0 Å². The summed E-state index contributed by atoms with van der Waals surface area (Å²) in [5.74, 6) is 0. The Labute approximate surface area is 156 Å². The second kappa shape index (κ2) is 7.84. The number of para-hydroxylation sites is 1. The molecule has 0 unspecified atom stereocenters. The highest BCUT2D eigenvalue weighted by molar-refractivity contribution is 7.88. The highest BCUT2D eigenvalue weighted by Gasteiger charge is 2.27. The van der Waals surface area contributed by atoms with Crippen LogP contribution in [0.2, 0.25) is 0 Å². The quantitative estimate of drug-likeness (QED) is 0.863. The van der Waals surface area contributed by atoms with E-state index < -0.39 is 15.6 Å². The van der Waals surface area contributed by atoms with E-state index in [9.17, 15) is 13.2 Å². The zero-order chi connectivity index (χ0) is 19.5. The van der Waals surface area contributed by atoms with Gasteiger partial charge in [-0.1, -0.05) is 18.2 Å². The van der Waals surface area contributed by atoms with E-state index in [1.165, 1.54) is 0 Å². The fraction of sp³-hybridized carbons (Fsp3) is 0.611. The summed E-state index contributed by atoms with van der Waals surface area (Å²) >= 11 is 0. The predicted octanol–water partition coefficient (Wildman–Crippen LogP) is 2.35. The monoisotopic (exact) mass is 383 g/mol. The number of hydrogen-bond acceptors (Lipinski definition) is 5. The smallest absolute Gasteiger partial charge is 0.410 e. The average molecular weight is 384 g/mol. The summed E-state index contributed by atoms with van der Waals surface area (Å²) in [5.41, 5.74) is 1.40. The summed E-state index contributed by atoms with van der Waals surface area (Å²) in [4.78, 5) is 16.1. The van der Waals surface area contributed by atoms with Gasteiger partial charge in [-0.2, -0.15) is 0 Å². The number of amides is 1. The molecule has 1 aromatic carbocycles. The lowest BCUT2D eigenvalue weighted by molar-refractivity contribution is 0.0240. The van der Waals surface area contributed by atoms with Gasteiger partial charge in [-0.25, -0.2) is 17.9 Å². The zero-order valence-electron chi connectivity index (χ0n) is 16.2. The van der Waals surface area contributed by atoms with Gasteiger partial charge in [0.1, 0.15) is 5.60 Å². The molecule has 1 aliphatic heterocycles. The van der Waals surface area contributed by atoms with Crippen LogP contribution in [0.1, 0.15) is 39.3 Å². The molecule has 0 bridgehead atoms. The first-order valence-electron chi connectivity index (χ1n) is 8.75. The molecule has 0 spiro atoms. The minimum Gasteiger partial charge on any atom is -0.444 e. The Bertz CT molecular complexity index is 735. The lowest BCUT2D eigenvalue weighted by atomic mass is 10.1. The fourth-order valence-corrected chi connectivity index (χ4v) is 3.75. The number of carbonyl (C=O) groups is 1. The molecule has 1 heterocycles. The highest BCUT2D eigenvalue weighted by Crippen LogP contribution is 2.27. The molecule has 1 amide bonds. The number of ether oxygens (including phenoxy) is 1. The van der Waals surface area contributed by atoms with Gasteiger partial charge in [0, 0.05) is 37.9 Å². The standard InChI is InChI=1S/C18H29N3O4S/c1-14(19-26(5,23)24)15-8-6-7-9-16(15)20-10-12-21(13-11-20)17(22)25-18(2,3)4/h6-9,14,19H,10-13H2,1-5H3/t14-/m0/s1. The molecule has 0 aromatic heterocycles. The summed E-state index contributed by atoms with van der Waals surface area (Å²) < 4.78 is 31.2. The van der Waals surface area contributed by atoms with Gasteiger partial charge in [-0.05, 0) is 39.3 Å². The average Bonchev–Trinajstić information content (AvgIpc) is 2.52. The SMILES string of the molecule is C[C@H](NS(C)(=O)=O)c1ccccc1N1CCN(C(=O)OC(C)(C)C)CC1. The van der Waals surface area contributed by atoms with Gasteiger partial charge in [0.25, 0.3) is 0 Å². The molecule has 1 aliphatic rings. The maximum Gasteiger partial charge on any atom is 0.410 e. The molecule has 1 atom stereocenters. The Morgan fingerprint density at radius 1 is 1.15 bits per heavy atom. The summed E-state index contributed by atoms with van der Waals surface area (Å²) in [6.07, 6.45) is 0.865. The third-order valence-electron chi connectivity index (χ3n) is 4.07. The van der Waals surface area contributed by atoms with Crippen LogP contribution < -0.4 is 9.62 Å². The van der Waals surface area contributed by atoms with E-state index >= 15 is 0 Å². The van der Waals surface area contributed by atoms with E-state index in [2.05, 4.69) is 9.62 Å². The largest absolute Gasteiger partial charge is 0.444 e. The normalized spacial score (nSPS) is 17.1. The first-order valence-corrected chi connectivity index (χ1v) is 10.6. The third kappa shape index (κ3) is 5.88. The van der Waals surface area contributed by atoms with E-state index in [1.54, 1.807) is 4.90 Å². The first-order chi connectivity index (χ1) is 12.0. The maximum atomic E-state index is 12.2. The first kappa shape index (κ1) is 20.5. The van der Waals surface area contributed by atoms with Crippen LogP contribution >= 0.6 is 0 Å². The molecule has 0 saturated carbocycles. The van der Waals surface area contributed by atoms with Crippen LogP contribution in [-0.2, 0) is 14.8 Å². The Hall–Kier alpha value is -1.80. The van der Waals surface area contributed by atoms with Gasteiger partial charge in [-0.15, -0.1) is 0 Å². The van der Waals surface area contributed by atoms with Crippen LogP contribution in [0.3, 0.4) is 0 Å².